The van der Waals surface area contributed by atoms with Crippen molar-refractivity contribution in [3.05, 3.63) is 30.5 Å². The van der Waals surface area contributed by atoms with Crippen LogP contribution in [0.1, 0.15) is 13.3 Å². The number of hydrogen-bond acceptors (Lipinski definition) is 5. The van der Waals surface area contributed by atoms with E-state index in [0.717, 1.165) is 10.9 Å². The maximum atomic E-state index is 11.1. The van der Waals surface area contributed by atoms with Gasteiger partial charge in [0.05, 0.1) is 19.0 Å². The summed E-state index contributed by atoms with van der Waals surface area (Å²) in [4.78, 5) is 19.9. The summed E-state index contributed by atoms with van der Waals surface area (Å²) in [5.74, 6) is -0.212. The highest BCUT2D eigenvalue weighted by atomic mass is 32.2. The summed E-state index contributed by atoms with van der Waals surface area (Å²) in [7, 11) is 1.40. The number of aromatic nitrogens is 2. The van der Waals surface area contributed by atoms with Crippen LogP contribution >= 0.6 is 11.8 Å². The lowest BCUT2D eigenvalue weighted by Gasteiger charge is -2.08. The Morgan fingerprint density at radius 3 is 3.00 bits per heavy atom. The number of ether oxygens (including phenoxy) is 1. The molecule has 1 aromatic heterocycles. The van der Waals surface area contributed by atoms with Gasteiger partial charge in [0, 0.05) is 16.8 Å². The predicted octanol–water partition coefficient (Wildman–Crippen LogP) is 2.67. The number of esters is 1. The Bertz CT molecular complexity index is 559. The fourth-order valence-electron chi connectivity index (χ4n) is 1.55. The zero-order valence-corrected chi connectivity index (χ0v) is 11.1. The van der Waals surface area contributed by atoms with Crippen LogP contribution in [0.2, 0.25) is 0 Å². The summed E-state index contributed by atoms with van der Waals surface area (Å²) in [5, 5.41) is 1.80. The molecule has 0 saturated carbocycles. The molecule has 0 aliphatic heterocycles. The molecule has 0 bridgehead atoms. The van der Waals surface area contributed by atoms with Gasteiger partial charge in [-0.05, 0) is 6.07 Å². The maximum Gasteiger partial charge on any atom is 0.306 e. The molecule has 0 saturated heterocycles. The summed E-state index contributed by atoms with van der Waals surface area (Å²) in [6.45, 7) is 1.96. The van der Waals surface area contributed by atoms with Crippen LogP contribution in [0.4, 0.5) is 0 Å². The van der Waals surface area contributed by atoms with Crippen molar-refractivity contribution in [3.63, 3.8) is 0 Å². The van der Waals surface area contributed by atoms with Crippen molar-refractivity contribution in [1.29, 1.82) is 0 Å². The third kappa shape index (κ3) is 3.20. The van der Waals surface area contributed by atoms with Gasteiger partial charge in [-0.3, -0.25) is 4.79 Å². The van der Waals surface area contributed by atoms with Crippen LogP contribution in [0.25, 0.3) is 10.9 Å². The fourth-order valence-corrected chi connectivity index (χ4v) is 2.40. The van der Waals surface area contributed by atoms with E-state index in [9.17, 15) is 4.79 Å². The quantitative estimate of drug-likeness (QED) is 0.481. The highest BCUT2D eigenvalue weighted by Gasteiger charge is 2.12. The lowest BCUT2D eigenvalue weighted by Crippen LogP contribution is -2.09. The molecule has 0 fully saturated rings. The van der Waals surface area contributed by atoms with Gasteiger partial charge >= 0.3 is 5.97 Å². The van der Waals surface area contributed by atoms with E-state index in [1.165, 1.54) is 18.9 Å². The van der Waals surface area contributed by atoms with Gasteiger partial charge in [-0.15, -0.1) is 0 Å². The van der Waals surface area contributed by atoms with Crippen LogP contribution in [0.5, 0.6) is 0 Å². The molecule has 0 spiro atoms. The number of fused-ring (bicyclic) bond motifs is 1. The van der Waals surface area contributed by atoms with Gasteiger partial charge in [0.1, 0.15) is 0 Å². The first-order valence-corrected chi connectivity index (χ1v) is 6.52. The third-order valence-corrected chi connectivity index (χ3v) is 3.43. The van der Waals surface area contributed by atoms with Crippen molar-refractivity contribution in [2.75, 3.05) is 7.11 Å². The Balaban J connectivity index is 2.09. The molecule has 0 N–H and O–H groups in total. The minimum absolute atomic E-state index is 0.0959. The van der Waals surface area contributed by atoms with Gasteiger partial charge in [-0.1, -0.05) is 36.9 Å². The summed E-state index contributed by atoms with van der Waals surface area (Å²) >= 11 is 1.48. The molecule has 5 heteroatoms. The number of benzene rings is 1. The van der Waals surface area contributed by atoms with Crippen LogP contribution in [0.3, 0.4) is 0 Å². The molecule has 94 valence electrons. The van der Waals surface area contributed by atoms with E-state index in [1.807, 2.05) is 31.2 Å². The summed E-state index contributed by atoms with van der Waals surface area (Å²) < 4.78 is 4.64. The van der Waals surface area contributed by atoms with Crippen molar-refractivity contribution in [1.82, 2.24) is 9.97 Å². The van der Waals surface area contributed by atoms with Gasteiger partial charge in [0.25, 0.3) is 0 Å². The van der Waals surface area contributed by atoms with Crippen LogP contribution in [-0.2, 0) is 9.53 Å². The normalized spacial score (nSPS) is 12.3. The molecule has 0 aliphatic rings. The molecular weight excluding hydrogens is 248 g/mol. The van der Waals surface area contributed by atoms with Crippen LogP contribution in [0.15, 0.2) is 35.6 Å². The van der Waals surface area contributed by atoms with E-state index < -0.39 is 0 Å². The molecular formula is C13H14N2O2S. The van der Waals surface area contributed by atoms with Crippen molar-refractivity contribution < 1.29 is 9.53 Å². The number of hydrogen-bond donors (Lipinski definition) is 0. The second-order valence-corrected chi connectivity index (χ2v) is 5.33. The van der Waals surface area contributed by atoms with E-state index in [0.29, 0.717) is 11.6 Å². The van der Waals surface area contributed by atoms with Gasteiger partial charge < -0.3 is 4.74 Å². The standard InChI is InChI=1S/C13H14N2O2S/c1-9(7-12(16)17-2)18-13-14-8-10-5-3-4-6-11(10)15-13/h3-6,8-9H,7H2,1-2H3. The van der Waals surface area contributed by atoms with Gasteiger partial charge in [0.2, 0.25) is 0 Å². The highest BCUT2D eigenvalue weighted by Crippen LogP contribution is 2.23. The topological polar surface area (TPSA) is 52.1 Å². The smallest absolute Gasteiger partial charge is 0.306 e. The van der Waals surface area contributed by atoms with Gasteiger partial charge in [-0.25, -0.2) is 9.97 Å². The van der Waals surface area contributed by atoms with Crippen molar-refractivity contribution in [2.24, 2.45) is 0 Å². The number of carbonyl (C=O) groups is 1. The molecule has 1 aromatic carbocycles. The lowest BCUT2D eigenvalue weighted by atomic mass is 10.2. The Labute approximate surface area is 110 Å². The molecule has 2 rings (SSSR count). The van der Waals surface area contributed by atoms with Crippen LogP contribution < -0.4 is 0 Å². The molecule has 4 nitrogen and oxygen atoms in total. The minimum Gasteiger partial charge on any atom is -0.469 e. The molecule has 2 aromatic rings. The van der Waals surface area contributed by atoms with Crippen LogP contribution in [0, 0.1) is 0 Å². The number of nitrogens with zero attached hydrogens (tertiary/aromatic N) is 2. The SMILES string of the molecule is COC(=O)CC(C)Sc1ncc2ccccc2n1. The third-order valence-electron chi connectivity index (χ3n) is 2.46. The lowest BCUT2D eigenvalue weighted by molar-refractivity contribution is -0.140. The Morgan fingerprint density at radius 2 is 2.22 bits per heavy atom. The maximum absolute atomic E-state index is 11.1. The van der Waals surface area contributed by atoms with E-state index >= 15 is 0 Å². The predicted molar refractivity (Wildman–Crippen MR) is 71.5 cm³/mol. The summed E-state index contributed by atoms with van der Waals surface area (Å²) in [6, 6.07) is 7.83. The average Bonchev–Trinajstić information content (AvgIpc) is 2.38. The summed E-state index contributed by atoms with van der Waals surface area (Å²) in [5.41, 5.74) is 0.917. The Morgan fingerprint density at radius 1 is 1.44 bits per heavy atom. The van der Waals surface area contributed by atoms with Crippen molar-refractivity contribution in [3.8, 4) is 0 Å². The van der Waals surface area contributed by atoms with Crippen molar-refractivity contribution >= 4 is 28.6 Å². The molecule has 1 unspecified atom stereocenters. The number of methoxy groups -OCH3 is 1. The molecule has 0 amide bonds. The first kappa shape index (κ1) is 12.8. The average molecular weight is 262 g/mol. The van der Waals surface area contributed by atoms with E-state index in [2.05, 4.69) is 14.7 Å². The van der Waals surface area contributed by atoms with E-state index in [4.69, 9.17) is 0 Å². The Hall–Kier alpha value is -1.62. The monoisotopic (exact) mass is 262 g/mol. The largest absolute Gasteiger partial charge is 0.469 e. The molecule has 18 heavy (non-hydrogen) atoms. The van der Waals surface area contributed by atoms with E-state index in [-0.39, 0.29) is 11.2 Å². The second-order valence-electron chi connectivity index (χ2n) is 3.92. The molecule has 1 atom stereocenters. The van der Waals surface area contributed by atoms with Gasteiger partial charge in [-0.2, -0.15) is 0 Å². The number of para-hydroxylation sites is 1. The fraction of sp³-hybridized carbons (Fsp3) is 0.308. The first-order valence-electron chi connectivity index (χ1n) is 5.64. The Kier molecular flexibility index (Phi) is 4.15. The number of thioether (sulfide) groups is 1. The highest BCUT2D eigenvalue weighted by molar-refractivity contribution is 7.99. The van der Waals surface area contributed by atoms with Crippen LogP contribution in [-0.4, -0.2) is 28.3 Å². The van der Waals surface area contributed by atoms with E-state index in [1.54, 1.807) is 6.20 Å². The molecule has 0 aliphatic carbocycles. The molecule has 1 heterocycles. The number of rotatable bonds is 4. The van der Waals surface area contributed by atoms with Crippen molar-refractivity contribution in [2.45, 2.75) is 23.8 Å². The minimum atomic E-state index is -0.212. The summed E-state index contributed by atoms with van der Waals surface area (Å²) in [6.07, 6.45) is 2.16. The number of carbonyl (C=O) groups excluding carboxylic acids is 1. The second kappa shape index (κ2) is 5.82. The zero-order valence-electron chi connectivity index (χ0n) is 10.3. The molecule has 0 radical (unpaired) electrons. The zero-order chi connectivity index (χ0) is 13.0. The first-order chi connectivity index (χ1) is 8.69. The van der Waals surface area contributed by atoms with Gasteiger partial charge in [0.15, 0.2) is 5.16 Å².